The van der Waals surface area contributed by atoms with Crippen LogP contribution in [-0.2, 0) is 4.74 Å². The van der Waals surface area contributed by atoms with Gasteiger partial charge >= 0.3 is 6.09 Å². The first kappa shape index (κ1) is 14.7. The van der Waals surface area contributed by atoms with E-state index in [4.69, 9.17) is 9.47 Å². The molecule has 1 amide bonds. The summed E-state index contributed by atoms with van der Waals surface area (Å²) in [5, 5.41) is 3.24. The molecule has 5 heteroatoms. The summed E-state index contributed by atoms with van der Waals surface area (Å²) in [7, 11) is 1.90. The quantitative estimate of drug-likeness (QED) is 0.830. The molecule has 1 unspecified atom stereocenters. The zero-order valence-corrected chi connectivity index (χ0v) is 12.1. The Kier molecular flexibility index (Phi) is 5.24. The lowest BCUT2D eigenvalue weighted by molar-refractivity contribution is 0.156. The molecule has 5 nitrogen and oxygen atoms in total. The molecule has 1 aromatic carbocycles. The number of nitrogens with one attached hydrogen (secondary N) is 1. The standard InChI is InChI=1S/C15H22N2O3/c1-3-9-19-13-6-4-12(5-7-13)14(16-2)11-17-8-10-20-15(17)18/h4-7,14,16H,3,8-11H2,1-2H3. The van der Waals surface area contributed by atoms with Crippen LogP contribution in [0.15, 0.2) is 24.3 Å². The van der Waals surface area contributed by atoms with E-state index in [1.165, 1.54) is 0 Å². The number of likely N-dealkylation sites (N-methyl/N-ethyl adjacent to an activating group) is 1. The Morgan fingerprint density at radius 1 is 1.40 bits per heavy atom. The molecule has 1 fully saturated rings. The predicted molar refractivity (Wildman–Crippen MR) is 76.9 cm³/mol. The molecule has 2 rings (SSSR count). The lowest BCUT2D eigenvalue weighted by Crippen LogP contribution is -2.34. The number of ether oxygens (including phenoxy) is 2. The highest BCUT2D eigenvalue weighted by Crippen LogP contribution is 2.20. The number of cyclic esters (lactones) is 1. The van der Waals surface area contributed by atoms with E-state index in [0.29, 0.717) is 19.7 Å². The molecule has 0 saturated carbocycles. The second-order valence-electron chi connectivity index (χ2n) is 4.82. The summed E-state index contributed by atoms with van der Waals surface area (Å²) in [5.41, 5.74) is 1.14. The molecule has 1 aliphatic heterocycles. The first-order chi connectivity index (χ1) is 9.74. The van der Waals surface area contributed by atoms with E-state index in [2.05, 4.69) is 12.2 Å². The molecule has 1 atom stereocenters. The molecule has 1 heterocycles. The predicted octanol–water partition coefficient (Wildman–Crippen LogP) is 2.19. The monoisotopic (exact) mass is 278 g/mol. The Morgan fingerprint density at radius 2 is 2.15 bits per heavy atom. The lowest BCUT2D eigenvalue weighted by atomic mass is 10.1. The summed E-state index contributed by atoms with van der Waals surface area (Å²) in [6, 6.07) is 8.11. The summed E-state index contributed by atoms with van der Waals surface area (Å²) >= 11 is 0. The van der Waals surface area contributed by atoms with Crippen molar-refractivity contribution in [2.75, 3.05) is 33.4 Å². The van der Waals surface area contributed by atoms with Crippen molar-refractivity contribution in [1.29, 1.82) is 0 Å². The van der Waals surface area contributed by atoms with Crippen LogP contribution >= 0.6 is 0 Å². The van der Waals surface area contributed by atoms with E-state index >= 15 is 0 Å². The van der Waals surface area contributed by atoms with Gasteiger partial charge in [-0.1, -0.05) is 19.1 Å². The summed E-state index contributed by atoms with van der Waals surface area (Å²) in [5.74, 6) is 0.881. The number of nitrogens with zero attached hydrogens (tertiary/aromatic N) is 1. The van der Waals surface area contributed by atoms with E-state index in [0.717, 1.165) is 24.3 Å². The van der Waals surface area contributed by atoms with Crippen LogP contribution in [0.1, 0.15) is 24.9 Å². The van der Waals surface area contributed by atoms with Crippen LogP contribution in [0.25, 0.3) is 0 Å². The molecule has 0 radical (unpaired) electrons. The minimum atomic E-state index is -0.229. The Bertz CT molecular complexity index is 433. The van der Waals surface area contributed by atoms with E-state index in [-0.39, 0.29) is 12.1 Å². The van der Waals surface area contributed by atoms with E-state index in [1.807, 2.05) is 31.3 Å². The summed E-state index contributed by atoms with van der Waals surface area (Å²) in [6.07, 6.45) is 0.769. The molecular weight excluding hydrogens is 256 g/mol. The highest BCUT2D eigenvalue weighted by atomic mass is 16.6. The van der Waals surface area contributed by atoms with Gasteiger partial charge in [-0.25, -0.2) is 4.79 Å². The van der Waals surface area contributed by atoms with Crippen molar-refractivity contribution >= 4 is 6.09 Å². The van der Waals surface area contributed by atoms with Gasteiger partial charge in [0.2, 0.25) is 0 Å². The third kappa shape index (κ3) is 3.63. The number of rotatable bonds is 7. The molecule has 110 valence electrons. The molecule has 1 aliphatic rings. The maximum Gasteiger partial charge on any atom is 0.410 e. The zero-order valence-electron chi connectivity index (χ0n) is 12.1. The van der Waals surface area contributed by atoms with Gasteiger partial charge in [0.1, 0.15) is 12.4 Å². The van der Waals surface area contributed by atoms with Crippen LogP contribution < -0.4 is 10.1 Å². The molecular formula is C15H22N2O3. The third-order valence-electron chi connectivity index (χ3n) is 3.35. The summed E-state index contributed by atoms with van der Waals surface area (Å²) in [6.45, 7) is 4.58. The van der Waals surface area contributed by atoms with Crippen molar-refractivity contribution in [2.24, 2.45) is 0 Å². The molecule has 1 aromatic rings. The number of benzene rings is 1. The molecule has 0 aliphatic carbocycles. The summed E-state index contributed by atoms with van der Waals surface area (Å²) in [4.78, 5) is 13.2. The molecule has 1 saturated heterocycles. The number of hydrogen-bond donors (Lipinski definition) is 1. The van der Waals surface area contributed by atoms with Crippen molar-refractivity contribution < 1.29 is 14.3 Å². The Morgan fingerprint density at radius 3 is 2.70 bits per heavy atom. The van der Waals surface area contributed by atoms with Gasteiger partial charge in [0, 0.05) is 12.6 Å². The number of carbonyl (C=O) groups excluding carboxylic acids is 1. The van der Waals surface area contributed by atoms with Gasteiger partial charge in [0.15, 0.2) is 0 Å². The van der Waals surface area contributed by atoms with Gasteiger partial charge < -0.3 is 19.7 Å². The van der Waals surface area contributed by atoms with Crippen molar-refractivity contribution in [3.05, 3.63) is 29.8 Å². The van der Waals surface area contributed by atoms with Gasteiger partial charge in [-0.3, -0.25) is 0 Å². The normalized spacial score (nSPS) is 16.1. The minimum absolute atomic E-state index is 0.0980. The SMILES string of the molecule is CCCOc1ccc(C(CN2CCOC2=O)NC)cc1. The maximum absolute atomic E-state index is 11.5. The van der Waals surface area contributed by atoms with Crippen molar-refractivity contribution in [3.8, 4) is 5.75 Å². The van der Waals surface area contributed by atoms with Crippen LogP contribution in [0.2, 0.25) is 0 Å². The molecule has 1 N–H and O–H groups in total. The van der Waals surface area contributed by atoms with Gasteiger partial charge in [0.25, 0.3) is 0 Å². The molecule has 0 bridgehead atoms. The van der Waals surface area contributed by atoms with E-state index in [9.17, 15) is 4.79 Å². The van der Waals surface area contributed by atoms with Gasteiger partial charge in [0.05, 0.1) is 13.2 Å². The Labute approximate surface area is 119 Å². The maximum atomic E-state index is 11.5. The first-order valence-corrected chi connectivity index (χ1v) is 7.06. The Hall–Kier alpha value is -1.75. The zero-order chi connectivity index (χ0) is 14.4. The molecule has 20 heavy (non-hydrogen) atoms. The number of amides is 1. The van der Waals surface area contributed by atoms with E-state index in [1.54, 1.807) is 4.90 Å². The van der Waals surface area contributed by atoms with Crippen LogP contribution in [0, 0.1) is 0 Å². The molecule has 0 aromatic heterocycles. The van der Waals surface area contributed by atoms with Gasteiger partial charge in [-0.15, -0.1) is 0 Å². The third-order valence-corrected chi connectivity index (χ3v) is 3.35. The van der Waals surface area contributed by atoms with Crippen LogP contribution in [0.5, 0.6) is 5.75 Å². The second kappa shape index (κ2) is 7.14. The van der Waals surface area contributed by atoms with Crippen molar-refractivity contribution in [2.45, 2.75) is 19.4 Å². The second-order valence-corrected chi connectivity index (χ2v) is 4.82. The fourth-order valence-electron chi connectivity index (χ4n) is 2.19. The highest BCUT2D eigenvalue weighted by molar-refractivity contribution is 5.69. The highest BCUT2D eigenvalue weighted by Gasteiger charge is 2.25. The van der Waals surface area contributed by atoms with Gasteiger partial charge in [-0.05, 0) is 31.2 Å². The van der Waals surface area contributed by atoms with Crippen LogP contribution in [0.4, 0.5) is 4.79 Å². The molecule has 0 spiro atoms. The Balaban J connectivity index is 1.98. The van der Waals surface area contributed by atoms with Crippen molar-refractivity contribution in [1.82, 2.24) is 10.2 Å². The minimum Gasteiger partial charge on any atom is -0.494 e. The van der Waals surface area contributed by atoms with Gasteiger partial charge in [-0.2, -0.15) is 0 Å². The number of hydrogen-bond acceptors (Lipinski definition) is 4. The first-order valence-electron chi connectivity index (χ1n) is 7.06. The average molecular weight is 278 g/mol. The number of carbonyl (C=O) groups is 1. The summed E-state index contributed by atoms with van der Waals surface area (Å²) < 4.78 is 10.5. The smallest absolute Gasteiger partial charge is 0.410 e. The fraction of sp³-hybridized carbons (Fsp3) is 0.533. The fourth-order valence-corrected chi connectivity index (χ4v) is 2.19. The lowest BCUT2D eigenvalue weighted by Gasteiger charge is -2.22. The topological polar surface area (TPSA) is 50.8 Å². The van der Waals surface area contributed by atoms with Crippen LogP contribution in [-0.4, -0.2) is 44.3 Å². The largest absolute Gasteiger partial charge is 0.494 e. The average Bonchev–Trinajstić information content (AvgIpc) is 2.88. The van der Waals surface area contributed by atoms with Crippen LogP contribution in [0.3, 0.4) is 0 Å². The van der Waals surface area contributed by atoms with Crippen molar-refractivity contribution in [3.63, 3.8) is 0 Å². The van der Waals surface area contributed by atoms with E-state index < -0.39 is 0 Å².